The second-order valence-corrected chi connectivity index (χ2v) is 7.56. The number of nitrogens with zero attached hydrogens (tertiary/aromatic N) is 6. The van der Waals surface area contributed by atoms with E-state index in [1.807, 2.05) is 4.90 Å². The Morgan fingerprint density at radius 1 is 1.15 bits per heavy atom. The first kappa shape index (κ1) is 19.5. The first-order valence-corrected chi connectivity index (χ1v) is 9.82. The van der Waals surface area contributed by atoms with Gasteiger partial charge in [0.2, 0.25) is 0 Å². The van der Waals surface area contributed by atoms with Gasteiger partial charge in [0.05, 0.1) is 12.2 Å². The fourth-order valence-corrected chi connectivity index (χ4v) is 3.88. The Hall–Kier alpha value is -2.22. The number of carbonyl (C=O) groups excluding carboxylic acids is 2. The highest BCUT2D eigenvalue weighted by atomic mass is 16.2. The fraction of sp³-hybridized carbons (Fsp3) is 0.684. The fourth-order valence-electron chi connectivity index (χ4n) is 3.88. The lowest BCUT2D eigenvalue weighted by Crippen LogP contribution is -2.50. The van der Waals surface area contributed by atoms with Gasteiger partial charge in [-0.3, -0.25) is 9.78 Å². The van der Waals surface area contributed by atoms with E-state index in [0.717, 1.165) is 26.1 Å². The predicted octanol–water partition coefficient (Wildman–Crippen LogP) is 1.16. The lowest BCUT2D eigenvalue weighted by molar-refractivity contribution is 0.0767. The highest BCUT2D eigenvalue weighted by molar-refractivity contribution is 5.92. The summed E-state index contributed by atoms with van der Waals surface area (Å²) in [5.74, 6) is -0.112. The third kappa shape index (κ3) is 4.94. The van der Waals surface area contributed by atoms with Crippen LogP contribution in [0.5, 0.6) is 0 Å². The highest BCUT2D eigenvalue weighted by Crippen LogP contribution is 2.19. The number of hydrogen-bond acceptors (Lipinski definition) is 5. The molecule has 148 valence electrons. The molecular weight excluding hydrogens is 344 g/mol. The molecule has 8 nitrogen and oxygen atoms in total. The molecule has 2 aliphatic heterocycles. The molecule has 1 atom stereocenters. The van der Waals surface area contributed by atoms with Crippen LogP contribution in [0.2, 0.25) is 0 Å². The maximum absolute atomic E-state index is 12.8. The summed E-state index contributed by atoms with van der Waals surface area (Å²) in [5.41, 5.74) is 0.358. The highest BCUT2D eigenvalue weighted by Gasteiger charge is 2.34. The molecule has 0 radical (unpaired) electrons. The summed E-state index contributed by atoms with van der Waals surface area (Å²) in [7, 11) is 3.57. The predicted molar refractivity (Wildman–Crippen MR) is 102 cm³/mol. The summed E-state index contributed by atoms with van der Waals surface area (Å²) in [6.07, 6.45) is 9.17. The van der Waals surface area contributed by atoms with Crippen molar-refractivity contribution >= 4 is 11.9 Å². The lowest BCUT2D eigenvalue weighted by Gasteiger charge is -2.34. The molecule has 8 heteroatoms. The second-order valence-electron chi connectivity index (χ2n) is 7.56. The summed E-state index contributed by atoms with van der Waals surface area (Å²) < 4.78 is 0. The molecule has 0 N–H and O–H groups in total. The molecular formula is C19H30N6O2. The van der Waals surface area contributed by atoms with E-state index < -0.39 is 0 Å². The van der Waals surface area contributed by atoms with Crippen molar-refractivity contribution in [3.63, 3.8) is 0 Å². The monoisotopic (exact) mass is 374 g/mol. The van der Waals surface area contributed by atoms with Crippen LogP contribution in [-0.4, -0.2) is 101 Å². The topological polar surface area (TPSA) is 72.9 Å². The quantitative estimate of drug-likeness (QED) is 0.773. The number of aromatic nitrogens is 2. The summed E-state index contributed by atoms with van der Waals surface area (Å²) in [6, 6.07) is 0.0659. The molecule has 2 aliphatic rings. The second kappa shape index (κ2) is 9.12. The van der Waals surface area contributed by atoms with Crippen LogP contribution in [0.3, 0.4) is 0 Å². The lowest BCUT2D eigenvalue weighted by atomic mass is 10.1. The first-order chi connectivity index (χ1) is 13.1. The smallest absolute Gasteiger partial charge is 0.319 e. The van der Waals surface area contributed by atoms with E-state index in [9.17, 15) is 9.59 Å². The number of likely N-dealkylation sites (tertiary alicyclic amines) is 2. The number of carbonyl (C=O) groups is 2. The van der Waals surface area contributed by atoms with Crippen LogP contribution in [0.25, 0.3) is 0 Å². The Kier molecular flexibility index (Phi) is 6.60. The van der Waals surface area contributed by atoms with Crippen LogP contribution in [0.15, 0.2) is 18.6 Å². The average Bonchev–Trinajstić information content (AvgIpc) is 3.18. The van der Waals surface area contributed by atoms with Crippen LogP contribution >= 0.6 is 0 Å². The van der Waals surface area contributed by atoms with E-state index in [1.165, 1.54) is 31.7 Å². The molecule has 1 unspecified atom stereocenters. The van der Waals surface area contributed by atoms with Crippen LogP contribution in [0.4, 0.5) is 4.79 Å². The van der Waals surface area contributed by atoms with Gasteiger partial charge in [-0.15, -0.1) is 0 Å². The van der Waals surface area contributed by atoms with Gasteiger partial charge in [-0.05, 0) is 32.4 Å². The van der Waals surface area contributed by atoms with Crippen LogP contribution in [0, 0.1) is 0 Å². The maximum atomic E-state index is 12.8. The van der Waals surface area contributed by atoms with Crippen molar-refractivity contribution in [1.29, 1.82) is 0 Å². The molecule has 1 aromatic heterocycles. The van der Waals surface area contributed by atoms with Gasteiger partial charge in [-0.2, -0.15) is 0 Å². The van der Waals surface area contributed by atoms with Crippen molar-refractivity contribution in [1.82, 2.24) is 29.6 Å². The Balaban J connectivity index is 1.62. The first-order valence-electron chi connectivity index (χ1n) is 9.82. The molecule has 0 bridgehead atoms. The number of hydrogen-bond donors (Lipinski definition) is 0. The van der Waals surface area contributed by atoms with Crippen molar-refractivity contribution in [3.05, 3.63) is 24.3 Å². The van der Waals surface area contributed by atoms with Gasteiger partial charge < -0.3 is 19.6 Å². The summed E-state index contributed by atoms with van der Waals surface area (Å²) >= 11 is 0. The Morgan fingerprint density at radius 3 is 2.59 bits per heavy atom. The van der Waals surface area contributed by atoms with Gasteiger partial charge >= 0.3 is 6.03 Å². The molecule has 3 heterocycles. The minimum atomic E-state index is -0.112. The number of urea groups is 1. The van der Waals surface area contributed by atoms with Crippen molar-refractivity contribution < 1.29 is 9.59 Å². The number of amides is 3. The van der Waals surface area contributed by atoms with E-state index in [0.29, 0.717) is 25.3 Å². The normalized spacial score (nSPS) is 20.5. The molecule has 0 aliphatic carbocycles. The molecule has 0 spiro atoms. The van der Waals surface area contributed by atoms with E-state index in [-0.39, 0.29) is 18.0 Å². The van der Waals surface area contributed by atoms with Crippen molar-refractivity contribution in [2.75, 3.05) is 53.4 Å². The largest absolute Gasteiger partial charge is 0.335 e. The van der Waals surface area contributed by atoms with Crippen LogP contribution in [0.1, 0.15) is 36.2 Å². The minimum absolute atomic E-state index is 0.0193. The summed E-state index contributed by atoms with van der Waals surface area (Å²) in [5, 5.41) is 0. The van der Waals surface area contributed by atoms with E-state index in [1.54, 1.807) is 30.1 Å². The third-order valence-corrected chi connectivity index (χ3v) is 5.41. The average molecular weight is 374 g/mol. The Labute approximate surface area is 161 Å². The van der Waals surface area contributed by atoms with Gasteiger partial charge in [-0.1, -0.05) is 6.42 Å². The van der Waals surface area contributed by atoms with E-state index in [2.05, 4.69) is 14.9 Å². The molecule has 1 aromatic rings. The Morgan fingerprint density at radius 2 is 1.93 bits per heavy atom. The summed E-state index contributed by atoms with van der Waals surface area (Å²) in [4.78, 5) is 41.3. The zero-order valence-corrected chi connectivity index (χ0v) is 16.4. The zero-order valence-electron chi connectivity index (χ0n) is 16.4. The number of piperidine rings is 1. The molecule has 0 aromatic carbocycles. The van der Waals surface area contributed by atoms with E-state index in [4.69, 9.17) is 0 Å². The van der Waals surface area contributed by atoms with Crippen molar-refractivity contribution in [2.24, 2.45) is 0 Å². The van der Waals surface area contributed by atoms with Gasteiger partial charge in [0, 0.05) is 52.7 Å². The van der Waals surface area contributed by atoms with Crippen molar-refractivity contribution in [3.8, 4) is 0 Å². The summed E-state index contributed by atoms with van der Waals surface area (Å²) in [6.45, 7) is 5.02. The zero-order chi connectivity index (χ0) is 19.2. The molecule has 0 saturated carbocycles. The Bertz CT molecular complexity index is 632. The minimum Gasteiger partial charge on any atom is -0.335 e. The molecule has 3 amide bonds. The van der Waals surface area contributed by atoms with Crippen molar-refractivity contribution in [2.45, 2.75) is 31.7 Å². The van der Waals surface area contributed by atoms with E-state index >= 15 is 0 Å². The molecule has 27 heavy (non-hydrogen) atoms. The maximum Gasteiger partial charge on any atom is 0.319 e. The van der Waals surface area contributed by atoms with Crippen LogP contribution in [-0.2, 0) is 0 Å². The van der Waals surface area contributed by atoms with Gasteiger partial charge in [0.15, 0.2) is 0 Å². The third-order valence-electron chi connectivity index (χ3n) is 5.41. The van der Waals surface area contributed by atoms with Gasteiger partial charge in [0.25, 0.3) is 5.91 Å². The molecule has 3 rings (SSSR count). The van der Waals surface area contributed by atoms with Gasteiger partial charge in [0.1, 0.15) is 5.69 Å². The SMILES string of the molecule is CN(C)C(=O)N(CCN1CCCCC1)C1CCN(C(=O)c2cnccn2)C1. The molecule has 2 saturated heterocycles. The standard InChI is InChI=1S/C19H30N6O2/c1-22(2)19(27)25(13-12-23-9-4-3-5-10-23)16-6-11-24(15-16)18(26)17-14-20-7-8-21-17/h7-8,14,16H,3-6,9-13,15H2,1-2H3. The number of rotatable bonds is 5. The van der Waals surface area contributed by atoms with Gasteiger partial charge in [-0.25, -0.2) is 9.78 Å². The molecule has 2 fully saturated rings. The van der Waals surface area contributed by atoms with Crippen LogP contribution < -0.4 is 0 Å².